The molecule has 0 unspecified atom stereocenters. The Kier molecular flexibility index (Phi) is 3.67. The summed E-state index contributed by atoms with van der Waals surface area (Å²) < 4.78 is 37.4. The Labute approximate surface area is 110 Å². The molecule has 1 fully saturated rings. The molecule has 2 nitrogen and oxygen atoms in total. The second-order valence-corrected chi connectivity index (χ2v) is 5.21. The second kappa shape index (κ2) is 4.96. The number of hydrogen-bond donors (Lipinski definition) is 1. The second-order valence-electron chi connectivity index (χ2n) is 5.21. The van der Waals surface area contributed by atoms with Gasteiger partial charge in [0.2, 0.25) is 0 Å². The van der Waals surface area contributed by atoms with Gasteiger partial charge in [-0.15, -0.1) is 0 Å². The molecule has 104 valence electrons. The van der Waals surface area contributed by atoms with Crippen molar-refractivity contribution in [3.05, 3.63) is 35.4 Å². The van der Waals surface area contributed by atoms with Crippen molar-refractivity contribution in [3.63, 3.8) is 0 Å². The molecule has 0 bridgehead atoms. The third-order valence-electron chi connectivity index (χ3n) is 3.73. The first-order valence-corrected chi connectivity index (χ1v) is 6.26. The zero-order chi connectivity index (χ0) is 14.1. The van der Waals surface area contributed by atoms with Crippen LogP contribution in [-0.2, 0) is 6.18 Å². The molecule has 0 atom stereocenters. The molecule has 5 heteroatoms. The molecule has 2 rings (SSSR count). The number of carbonyl (C=O) groups is 1. The van der Waals surface area contributed by atoms with Crippen molar-refractivity contribution in [1.29, 1.82) is 0 Å². The van der Waals surface area contributed by atoms with Gasteiger partial charge in [0.05, 0.1) is 5.56 Å². The van der Waals surface area contributed by atoms with Gasteiger partial charge in [-0.2, -0.15) is 13.2 Å². The van der Waals surface area contributed by atoms with Gasteiger partial charge in [-0.05, 0) is 38.1 Å². The Morgan fingerprint density at radius 2 is 1.68 bits per heavy atom. The van der Waals surface area contributed by atoms with E-state index < -0.39 is 17.2 Å². The van der Waals surface area contributed by atoms with Crippen LogP contribution in [0.25, 0.3) is 0 Å². The maximum atomic E-state index is 12.5. The number of nitrogens with one attached hydrogen (secondary N) is 1. The molecule has 0 aliphatic carbocycles. The smallest absolute Gasteiger partial charge is 0.317 e. The molecule has 0 saturated carbocycles. The molecule has 1 aromatic carbocycles. The summed E-state index contributed by atoms with van der Waals surface area (Å²) in [5, 5.41) is 3.17. The minimum atomic E-state index is -4.36. The topological polar surface area (TPSA) is 29.1 Å². The zero-order valence-electron chi connectivity index (χ0n) is 10.7. The van der Waals surface area contributed by atoms with E-state index in [1.807, 2.05) is 6.92 Å². The fourth-order valence-electron chi connectivity index (χ4n) is 2.36. The van der Waals surface area contributed by atoms with E-state index in [-0.39, 0.29) is 5.78 Å². The van der Waals surface area contributed by atoms with E-state index >= 15 is 0 Å². The lowest BCUT2D eigenvalue weighted by Crippen LogP contribution is -2.40. The highest BCUT2D eigenvalue weighted by molar-refractivity contribution is 6.00. The van der Waals surface area contributed by atoms with E-state index in [2.05, 4.69) is 5.32 Å². The Morgan fingerprint density at radius 3 is 2.16 bits per heavy atom. The van der Waals surface area contributed by atoms with Crippen molar-refractivity contribution in [2.45, 2.75) is 25.9 Å². The SMILES string of the molecule is CC1(C(=O)c2ccc(C(F)(F)F)cc2)CCNCC1. The number of rotatable bonds is 2. The Balaban J connectivity index is 2.20. The minimum Gasteiger partial charge on any atom is -0.317 e. The van der Waals surface area contributed by atoms with Crippen LogP contribution in [0.3, 0.4) is 0 Å². The zero-order valence-corrected chi connectivity index (χ0v) is 10.7. The molecule has 1 saturated heterocycles. The molecule has 0 amide bonds. The van der Waals surface area contributed by atoms with Crippen molar-refractivity contribution in [2.24, 2.45) is 5.41 Å². The summed E-state index contributed by atoms with van der Waals surface area (Å²) in [4.78, 5) is 12.4. The van der Waals surface area contributed by atoms with Gasteiger partial charge in [-0.25, -0.2) is 0 Å². The maximum Gasteiger partial charge on any atom is 0.416 e. The molecule has 1 aromatic rings. The lowest BCUT2D eigenvalue weighted by Gasteiger charge is -2.32. The number of Topliss-reactive ketones (excluding diaryl/α,β-unsaturated/α-hetero) is 1. The minimum absolute atomic E-state index is 0.0669. The van der Waals surface area contributed by atoms with Gasteiger partial charge in [-0.3, -0.25) is 4.79 Å². The molecule has 1 N–H and O–H groups in total. The Morgan fingerprint density at radius 1 is 1.16 bits per heavy atom. The van der Waals surface area contributed by atoms with E-state index in [4.69, 9.17) is 0 Å². The number of benzene rings is 1. The first-order valence-electron chi connectivity index (χ1n) is 6.26. The highest BCUT2D eigenvalue weighted by Crippen LogP contribution is 2.34. The van der Waals surface area contributed by atoms with Crippen molar-refractivity contribution >= 4 is 5.78 Å². The summed E-state index contributed by atoms with van der Waals surface area (Å²) >= 11 is 0. The summed E-state index contributed by atoms with van der Waals surface area (Å²) in [6, 6.07) is 4.49. The standard InChI is InChI=1S/C14H16F3NO/c1-13(6-8-18-9-7-13)12(19)10-2-4-11(5-3-10)14(15,16)17/h2-5,18H,6-9H2,1H3. The van der Waals surface area contributed by atoms with Crippen LogP contribution in [0, 0.1) is 5.41 Å². The molecule has 1 aliphatic rings. The van der Waals surface area contributed by atoms with Crippen LogP contribution in [0.4, 0.5) is 13.2 Å². The number of hydrogen-bond acceptors (Lipinski definition) is 2. The molecule has 19 heavy (non-hydrogen) atoms. The van der Waals surface area contributed by atoms with Crippen LogP contribution < -0.4 is 5.32 Å². The van der Waals surface area contributed by atoms with E-state index in [0.717, 1.165) is 25.2 Å². The maximum absolute atomic E-state index is 12.5. The normalized spacial score (nSPS) is 19.2. The van der Waals surface area contributed by atoms with E-state index in [9.17, 15) is 18.0 Å². The van der Waals surface area contributed by atoms with Crippen molar-refractivity contribution < 1.29 is 18.0 Å². The van der Waals surface area contributed by atoms with E-state index in [1.165, 1.54) is 12.1 Å². The largest absolute Gasteiger partial charge is 0.416 e. The lowest BCUT2D eigenvalue weighted by atomic mass is 9.75. The van der Waals surface area contributed by atoms with Gasteiger partial charge in [0, 0.05) is 11.0 Å². The van der Waals surface area contributed by atoms with Gasteiger partial charge < -0.3 is 5.32 Å². The Bertz CT molecular complexity index is 459. The van der Waals surface area contributed by atoms with Crippen LogP contribution in [-0.4, -0.2) is 18.9 Å². The van der Waals surface area contributed by atoms with Crippen LogP contribution >= 0.6 is 0 Å². The average molecular weight is 271 g/mol. The predicted molar refractivity (Wildman–Crippen MR) is 66.0 cm³/mol. The number of halogens is 3. The molecule has 1 heterocycles. The molecular formula is C14H16F3NO. The average Bonchev–Trinajstić information content (AvgIpc) is 2.38. The number of carbonyl (C=O) groups excluding carboxylic acids is 1. The number of ketones is 1. The third-order valence-corrected chi connectivity index (χ3v) is 3.73. The van der Waals surface area contributed by atoms with Crippen LogP contribution in [0.2, 0.25) is 0 Å². The van der Waals surface area contributed by atoms with Crippen LogP contribution in [0.15, 0.2) is 24.3 Å². The monoisotopic (exact) mass is 271 g/mol. The van der Waals surface area contributed by atoms with Crippen molar-refractivity contribution in [1.82, 2.24) is 5.32 Å². The first kappa shape index (κ1) is 14.1. The van der Waals surface area contributed by atoms with Gasteiger partial charge in [-0.1, -0.05) is 19.1 Å². The van der Waals surface area contributed by atoms with Gasteiger partial charge in [0.1, 0.15) is 0 Å². The van der Waals surface area contributed by atoms with E-state index in [0.29, 0.717) is 18.4 Å². The van der Waals surface area contributed by atoms with Crippen LogP contribution in [0.1, 0.15) is 35.7 Å². The molecule has 0 spiro atoms. The van der Waals surface area contributed by atoms with Crippen LogP contribution in [0.5, 0.6) is 0 Å². The van der Waals surface area contributed by atoms with Crippen molar-refractivity contribution in [3.8, 4) is 0 Å². The fourth-order valence-corrected chi connectivity index (χ4v) is 2.36. The molecule has 0 radical (unpaired) electrons. The molecule has 0 aromatic heterocycles. The summed E-state index contributed by atoms with van der Waals surface area (Å²) in [6.45, 7) is 3.42. The fraction of sp³-hybridized carbons (Fsp3) is 0.500. The third kappa shape index (κ3) is 2.97. The highest BCUT2D eigenvalue weighted by Gasteiger charge is 2.36. The first-order chi connectivity index (χ1) is 8.83. The molecular weight excluding hydrogens is 255 g/mol. The van der Waals surface area contributed by atoms with E-state index in [1.54, 1.807) is 0 Å². The number of piperidine rings is 1. The summed E-state index contributed by atoms with van der Waals surface area (Å²) in [5.74, 6) is -0.0669. The summed E-state index contributed by atoms with van der Waals surface area (Å²) in [6.07, 6.45) is -2.93. The quantitative estimate of drug-likeness (QED) is 0.836. The highest BCUT2D eigenvalue weighted by atomic mass is 19.4. The summed E-state index contributed by atoms with van der Waals surface area (Å²) in [7, 11) is 0. The van der Waals surface area contributed by atoms with Gasteiger partial charge >= 0.3 is 6.18 Å². The lowest BCUT2D eigenvalue weighted by molar-refractivity contribution is -0.137. The summed E-state index contributed by atoms with van der Waals surface area (Å²) in [5.41, 5.74) is -0.831. The number of alkyl halides is 3. The Hall–Kier alpha value is -1.36. The van der Waals surface area contributed by atoms with Crippen molar-refractivity contribution in [2.75, 3.05) is 13.1 Å². The predicted octanol–water partition coefficient (Wildman–Crippen LogP) is 3.28. The van der Waals surface area contributed by atoms with Gasteiger partial charge in [0.25, 0.3) is 0 Å². The van der Waals surface area contributed by atoms with Gasteiger partial charge in [0.15, 0.2) is 5.78 Å². The molecule has 1 aliphatic heterocycles.